The summed E-state index contributed by atoms with van der Waals surface area (Å²) in [4.78, 5) is 25.9. The molecule has 0 aliphatic heterocycles. The maximum absolute atomic E-state index is 11.7. The normalized spacial score (nSPS) is 22.5. The van der Waals surface area contributed by atoms with Crippen LogP contribution >= 0.6 is 11.3 Å². The fourth-order valence-corrected chi connectivity index (χ4v) is 6.44. The van der Waals surface area contributed by atoms with Gasteiger partial charge in [-0.3, -0.25) is 4.79 Å². The Balaban J connectivity index is 1.50. The second-order valence-electron chi connectivity index (χ2n) is 9.38. The maximum atomic E-state index is 11.7. The van der Waals surface area contributed by atoms with Gasteiger partial charge in [0.25, 0.3) is 0 Å². The predicted octanol–water partition coefficient (Wildman–Crippen LogP) is 4.59. The van der Waals surface area contributed by atoms with Crippen LogP contribution in [0.25, 0.3) is 10.2 Å². The number of hydrogen-bond acceptors (Lipinski definition) is 7. The lowest BCUT2D eigenvalue weighted by Gasteiger charge is -2.32. The monoisotopic (exact) mass is 465 g/mol. The van der Waals surface area contributed by atoms with Crippen LogP contribution in [0.4, 0.5) is 11.6 Å². The van der Waals surface area contributed by atoms with Crippen molar-refractivity contribution >= 4 is 39.1 Å². The molecule has 0 radical (unpaired) electrons. The first kappa shape index (κ1) is 22.1. The first-order valence-electron chi connectivity index (χ1n) is 11.7. The van der Waals surface area contributed by atoms with E-state index < -0.39 is 0 Å². The van der Waals surface area contributed by atoms with Gasteiger partial charge in [0.05, 0.1) is 5.39 Å². The van der Waals surface area contributed by atoms with Gasteiger partial charge in [-0.25, -0.2) is 4.98 Å². The number of benzene rings is 1. The first-order chi connectivity index (χ1) is 16.0. The van der Waals surface area contributed by atoms with E-state index in [0.717, 1.165) is 54.4 Å². The molecule has 1 saturated carbocycles. The fraction of sp³-hybridized carbons (Fsp3) is 0.480. The van der Waals surface area contributed by atoms with Crippen molar-refractivity contribution in [3.63, 3.8) is 0 Å². The lowest BCUT2D eigenvalue weighted by molar-refractivity contribution is -0.118. The fourth-order valence-electron chi connectivity index (χ4n) is 5.18. The summed E-state index contributed by atoms with van der Waals surface area (Å²) in [6, 6.07) is 10.5. The van der Waals surface area contributed by atoms with Crippen molar-refractivity contribution in [2.24, 2.45) is 5.73 Å². The number of carbonyl (C=O) groups excluding carboxylic acids is 1. The molecule has 5 rings (SSSR count). The Kier molecular flexibility index (Phi) is 6.21. The number of primary amides is 1. The molecule has 2 aromatic heterocycles. The van der Waals surface area contributed by atoms with E-state index in [0.29, 0.717) is 24.3 Å². The van der Waals surface area contributed by atoms with Crippen LogP contribution < -0.4 is 15.8 Å². The quantitative estimate of drug-likeness (QED) is 0.530. The maximum Gasteiger partial charge on any atom is 0.231 e. The zero-order valence-corrected chi connectivity index (χ0v) is 20.0. The zero-order chi connectivity index (χ0) is 22.9. The number of nitrogens with two attached hydrogens (primary N) is 1. The minimum Gasteiger partial charge on any atom is -0.474 e. The van der Waals surface area contributed by atoms with E-state index in [1.165, 1.54) is 10.4 Å². The van der Waals surface area contributed by atoms with Gasteiger partial charge < -0.3 is 20.7 Å². The van der Waals surface area contributed by atoms with Crippen molar-refractivity contribution in [1.29, 1.82) is 0 Å². The third-order valence-electron chi connectivity index (χ3n) is 6.89. The van der Waals surface area contributed by atoms with Crippen LogP contribution in [0, 0.1) is 0 Å². The van der Waals surface area contributed by atoms with Crippen molar-refractivity contribution in [3.8, 4) is 5.88 Å². The van der Waals surface area contributed by atoms with Crippen LogP contribution in [-0.2, 0) is 11.2 Å². The smallest absolute Gasteiger partial charge is 0.231 e. The van der Waals surface area contributed by atoms with E-state index in [-0.39, 0.29) is 17.9 Å². The molecule has 3 aromatic rings. The summed E-state index contributed by atoms with van der Waals surface area (Å²) in [6.07, 6.45) is 6.63. The molecule has 0 bridgehead atoms. The molecule has 1 amide bonds. The second-order valence-corrected chi connectivity index (χ2v) is 10.5. The Morgan fingerprint density at radius 3 is 2.61 bits per heavy atom. The van der Waals surface area contributed by atoms with Crippen LogP contribution in [0.15, 0.2) is 30.3 Å². The van der Waals surface area contributed by atoms with Crippen LogP contribution in [0.5, 0.6) is 5.88 Å². The predicted molar refractivity (Wildman–Crippen MR) is 132 cm³/mol. The number of aromatic nitrogens is 2. The summed E-state index contributed by atoms with van der Waals surface area (Å²) in [6.45, 7) is 0. The summed E-state index contributed by atoms with van der Waals surface area (Å²) in [5.74, 6) is 1.03. The molecule has 8 heteroatoms. The SMILES string of the molecule is CN(C)C1CCC(Oc2nc(Nc3ccccc3)nc3sc4c(c23)C(CC(N)=O)CC4)CC1. The number of hydrogen-bond donors (Lipinski definition) is 2. The molecule has 174 valence electrons. The summed E-state index contributed by atoms with van der Waals surface area (Å²) < 4.78 is 6.59. The number of para-hydroxylation sites is 1. The molecule has 7 nitrogen and oxygen atoms in total. The third kappa shape index (κ3) is 4.68. The number of ether oxygens (including phenoxy) is 1. The van der Waals surface area contributed by atoms with Crippen LogP contribution in [0.2, 0.25) is 0 Å². The highest BCUT2D eigenvalue weighted by Gasteiger charge is 2.33. The molecule has 3 N–H and O–H groups in total. The second kappa shape index (κ2) is 9.27. The Morgan fingerprint density at radius 1 is 1.15 bits per heavy atom. The standard InChI is InChI=1S/C25H31N5O2S/c1-30(2)17-9-11-18(12-10-17)32-23-22-21-15(14-20(26)31)8-13-19(21)33-24(22)29-25(28-23)27-16-6-4-3-5-7-16/h3-7,15,17-18H,8-14H2,1-2H3,(H2,26,31)(H,27,28,29). The van der Waals surface area contributed by atoms with Crippen LogP contribution in [-0.4, -0.2) is 47.0 Å². The van der Waals surface area contributed by atoms with Gasteiger partial charge in [-0.05, 0) is 76.2 Å². The number of nitrogens with zero attached hydrogens (tertiary/aromatic N) is 3. The molecule has 1 unspecified atom stereocenters. The Labute approximate surface area is 198 Å². The number of thiophene rings is 1. The van der Waals surface area contributed by atoms with E-state index in [1.54, 1.807) is 11.3 Å². The number of rotatable bonds is 7. The summed E-state index contributed by atoms with van der Waals surface area (Å²) in [5, 5.41) is 4.31. The third-order valence-corrected chi connectivity index (χ3v) is 8.05. The Hall–Kier alpha value is -2.71. The summed E-state index contributed by atoms with van der Waals surface area (Å²) in [7, 11) is 4.30. The largest absolute Gasteiger partial charge is 0.474 e. The van der Waals surface area contributed by atoms with Gasteiger partial charge in [-0.1, -0.05) is 18.2 Å². The number of aryl methyl sites for hydroxylation is 1. The highest BCUT2D eigenvalue weighted by molar-refractivity contribution is 7.19. The van der Waals surface area contributed by atoms with E-state index in [2.05, 4.69) is 24.3 Å². The van der Waals surface area contributed by atoms with Crippen molar-refractivity contribution < 1.29 is 9.53 Å². The molecule has 2 heterocycles. The van der Waals surface area contributed by atoms with Gasteiger partial charge in [-0.2, -0.15) is 4.98 Å². The number of carbonyl (C=O) groups is 1. The molecule has 1 aromatic carbocycles. The van der Waals surface area contributed by atoms with Crippen molar-refractivity contribution in [2.75, 3.05) is 19.4 Å². The molecule has 2 aliphatic carbocycles. The zero-order valence-electron chi connectivity index (χ0n) is 19.2. The lowest BCUT2D eigenvalue weighted by atomic mass is 9.92. The van der Waals surface area contributed by atoms with Gasteiger partial charge in [0.15, 0.2) is 0 Å². The molecule has 33 heavy (non-hydrogen) atoms. The molecule has 1 atom stereocenters. The molecular formula is C25H31N5O2S. The number of fused-ring (bicyclic) bond motifs is 3. The van der Waals surface area contributed by atoms with E-state index in [9.17, 15) is 4.79 Å². The van der Waals surface area contributed by atoms with Gasteiger partial charge in [0.1, 0.15) is 10.9 Å². The van der Waals surface area contributed by atoms with Crippen LogP contribution in [0.3, 0.4) is 0 Å². The summed E-state index contributed by atoms with van der Waals surface area (Å²) in [5.41, 5.74) is 7.68. The Morgan fingerprint density at radius 2 is 1.91 bits per heavy atom. The molecule has 2 aliphatic rings. The summed E-state index contributed by atoms with van der Waals surface area (Å²) >= 11 is 1.69. The highest BCUT2D eigenvalue weighted by atomic mass is 32.1. The van der Waals surface area contributed by atoms with Crippen molar-refractivity contribution in [3.05, 3.63) is 40.8 Å². The van der Waals surface area contributed by atoms with E-state index in [4.69, 9.17) is 20.4 Å². The van der Waals surface area contributed by atoms with Crippen LogP contribution in [0.1, 0.15) is 54.9 Å². The van der Waals surface area contributed by atoms with Crippen molar-refractivity contribution in [1.82, 2.24) is 14.9 Å². The van der Waals surface area contributed by atoms with Gasteiger partial charge >= 0.3 is 0 Å². The Bertz CT molecular complexity index is 1140. The average Bonchev–Trinajstić information content (AvgIpc) is 3.34. The first-order valence-corrected chi connectivity index (χ1v) is 12.6. The topological polar surface area (TPSA) is 93.4 Å². The molecule has 0 spiro atoms. The minimum absolute atomic E-state index is 0.120. The van der Waals surface area contributed by atoms with Gasteiger partial charge in [0.2, 0.25) is 17.7 Å². The number of amides is 1. The lowest BCUT2D eigenvalue weighted by Crippen LogP contribution is -2.35. The van der Waals surface area contributed by atoms with E-state index in [1.807, 2.05) is 30.3 Å². The van der Waals surface area contributed by atoms with Crippen molar-refractivity contribution in [2.45, 2.75) is 63.0 Å². The number of nitrogens with one attached hydrogen (secondary N) is 1. The molecule has 1 fully saturated rings. The molecular weight excluding hydrogens is 434 g/mol. The van der Waals surface area contributed by atoms with Gasteiger partial charge in [0, 0.05) is 23.0 Å². The minimum atomic E-state index is -0.264. The average molecular weight is 466 g/mol. The van der Waals surface area contributed by atoms with Gasteiger partial charge in [-0.15, -0.1) is 11.3 Å². The number of anilines is 2. The van der Waals surface area contributed by atoms with E-state index >= 15 is 0 Å². The molecule has 0 saturated heterocycles. The highest BCUT2D eigenvalue weighted by Crippen LogP contribution is 2.48.